The van der Waals surface area contributed by atoms with Crippen LogP contribution in [-0.2, 0) is 114 Å². The van der Waals surface area contributed by atoms with Gasteiger partial charge in [-0.05, 0) is 328 Å². The summed E-state index contributed by atoms with van der Waals surface area (Å²) in [7, 11) is 0. The first-order valence-corrected chi connectivity index (χ1v) is 48.9. The third kappa shape index (κ3) is 29.7. The topological polar surface area (TPSA) is 316 Å². The molecule has 7 atom stereocenters. The fourth-order valence-corrected chi connectivity index (χ4v) is 22.5. The van der Waals surface area contributed by atoms with Crippen molar-refractivity contribution in [3.05, 3.63) is 109 Å². The van der Waals surface area contributed by atoms with Crippen molar-refractivity contribution in [1.82, 2.24) is 0 Å². The lowest BCUT2D eigenvalue weighted by atomic mass is 9.49. The maximum atomic E-state index is 12.0. The average molecular weight is 1830 g/mol. The summed E-state index contributed by atoms with van der Waals surface area (Å²) in [5.74, 6) is 2.35. The minimum Gasteiger partial charge on any atom is -0.463 e. The number of rotatable bonds is 22. The SMILES string of the molecule is C=C(C)C(=O)OC1(C(C)C)CCCC1.C=C(C)C(=O)OC1(C)C2CC3CC(C2)CC1C3.C=C(C)C(=O)OC1(C)CCC(=O)O1.C=C(C)C(=O)OC1(C)CCCC1.C=C(C)C(=O)OC1(CC)C2CC3CC(C2)CC1C3.C=C(C)C(=O)OC1(CC)CCCC1.C=C(C)C(=O)OC1(CC)CCCCCCC1.C=C(C)C(=O)OC1C2CC3C(=O)OC1C3C2.C=C(C)C(=O)OC1CCOC1=O. The normalized spacial score (nSPS) is 30.7. The molecule has 131 heavy (non-hydrogen) atoms. The molecule has 0 amide bonds. The molecule has 0 aromatic rings. The van der Waals surface area contributed by atoms with Crippen molar-refractivity contribution in [3.63, 3.8) is 0 Å². The van der Waals surface area contributed by atoms with Gasteiger partial charge in [0.25, 0.3) is 5.79 Å². The highest BCUT2D eigenvalue weighted by molar-refractivity contribution is 5.92. The predicted molar refractivity (Wildman–Crippen MR) is 500 cm³/mol. The van der Waals surface area contributed by atoms with Crippen molar-refractivity contribution >= 4 is 71.6 Å². The average Bonchev–Trinajstić information content (AvgIpc) is 1.37. The van der Waals surface area contributed by atoms with E-state index in [9.17, 15) is 57.5 Å². The number of carbonyl (C=O) groups excluding carboxylic acids is 12. The summed E-state index contributed by atoms with van der Waals surface area (Å²) >= 11 is 0. The smallest absolute Gasteiger partial charge is 0.347 e. The molecular weight excluding hydrogens is 1670 g/mol. The quantitative estimate of drug-likeness (QED) is 0.0552. The highest BCUT2D eigenvalue weighted by atomic mass is 16.7. The van der Waals surface area contributed by atoms with Gasteiger partial charge in [0.2, 0.25) is 6.10 Å². The van der Waals surface area contributed by atoms with Crippen molar-refractivity contribution in [2.24, 2.45) is 71.0 Å². The summed E-state index contributed by atoms with van der Waals surface area (Å²) in [6.07, 6.45) is 38.9. The van der Waals surface area contributed by atoms with Gasteiger partial charge < -0.3 is 56.8 Å². The Hall–Kier alpha value is -8.70. The Balaban J connectivity index is 0.000000202. The van der Waals surface area contributed by atoms with Crippen molar-refractivity contribution in [1.29, 1.82) is 0 Å². The van der Waals surface area contributed by atoms with Crippen molar-refractivity contribution < 1.29 is 114 Å². The molecule has 17 aliphatic rings. The summed E-state index contributed by atoms with van der Waals surface area (Å²) in [6.45, 7) is 63.9. The van der Waals surface area contributed by atoms with Gasteiger partial charge in [-0.25, -0.2) is 47.9 Å². The number of esters is 12. The first-order chi connectivity index (χ1) is 61.3. The van der Waals surface area contributed by atoms with Crippen LogP contribution in [-0.4, -0.2) is 136 Å². The standard InChI is InChI=1S/C16H24O2.C15H22O2.C14H24O2.C12H14O4.C12H20O2.C11H18O2.C10H16O2.C9H12O4.C8H10O4/c1-4-16(18-15(17)10(2)3)13-6-11-5-12(8-13)9-14(16)7-11;1-9(2)14(16)17-15(3)12-5-10-4-11(7-12)8-13(15)6-10;1-4-14(16-13(15)12(2)3)10-8-6-5-7-9-11-14;1-5(2)11(13)15-9-6-3-7-8(4-6)12(14)16-10(7)9;1-9(2)11(13)14-12(10(3)4)7-5-6-8-12;1-4-11(7-5-6-8-11)13-10(12)9(2)3;1-8(2)9(11)12-10(3)6-4-5-7-10;1-6(2)8(11)13-9(3)5-4-7(10)12-9;1-5(2)7(9)12-6-3-4-11-8(6)10/h11-14H,2,4-9H2,1,3H3;10-13H,1,4-8H2,2-3H3;2,4-11H2,1,3H3;6-10H,1,3-4H2,2H3;10H,1,5-8H2,2-4H3;2,4-8H2,1,3H3;1,4-7H2,2-3H3;1,4-5H2,2-3H3;6H,1,3-4H2,2H3. The fraction of sp³-hybridized carbons (Fsp3) is 0.720. The zero-order valence-corrected chi connectivity index (χ0v) is 82.7. The molecule has 10 bridgehead atoms. The lowest BCUT2D eigenvalue weighted by Crippen LogP contribution is -2.59. The Bertz CT molecular complexity index is 4130. The molecule has 17 rings (SSSR count). The summed E-state index contributed by atoms with van der Waals surface area (Å²) < 4.78 is 63.7. The first kappa shape index (κ1) is 109. The second-order valence-corrected chi connectivity index (χ2v) is 41.7. The molecule has 0 spiro atoms. The molecule has 3 heterocycles. The van der Waals surface area contributed by atoms with Crippen molar-refractivity contribution in [2.75, 3.05) is 6.61 Å². The van der Waals surface area contributed by atoms with Gasteiger partial charge in [0.1, 0.15) is 45.8 Å². The van der Waals surface area contributed by atoms with Crippen LogP contribution in [0.1, 0.15) is 355 Å². The van der Waals surface area contributed by atoms with Gasteiger partial charge in [-0.15, -0.1) is 0 Å². The van der Waals surface area contributed by atoms with Crippen LogP contribution in [0.25, 0.3) is 0 Å². The summed E-state index contributed by atoms with van der Waals surface area (Å²) in [5, 5.41) is 0. The molecule has 3 saturated heterocycles. The molecule has 17 fully saturated rings. The molecule has 0 radical (unpaired) electrons. The van der Waals surface area contributed by atoms with Crippen LogP contribution in [0.4, 0.5) is 0 Å². The van der Waals surface area contributed by atoms with Gasteiger partial charge >= 0.3 is 71.6 Å². The number of fused-ring (bicyclic) bond motifs is 1. The maximum absolute atomic E-state index is 12.0. The van der Waals surface area contributed by atoms with E-state index in [0.717, 1.165) is 107 Å². The first-order valence-electron chi connectivity index (χ1n) is 48.9. The highest BCUT2D eigenvalue weighted by Gasteiger charge is 2.64. The lowest BCUT2D eigenvalue weighted by molar-refractivity contribution is -0.207. The van der Waals surface area contributed by atoms with E-state index in [1.807, 2.05) is 6.92 Å². The van der Waals surface area contributed by atoms with E-state index >= 15 is 0 Å². The van der Waals surface area contributed by atoms with Crippen LogP contribution in [0, 0.1) is 71.0 Å². The summed E-state index contributed by atoms with van der Waals surface area (Å²) in [5.41, 5.74) is 2.86. The Labute approximate surface area is 781 Å². The molecular formula is C107H160O24. The van der Waals surface area contributed by atoms with E-state index in [0.29, 0.717) is 106 Å². The van der Waals surface area contributed by atoms with Gasteiger partial charge in [-0.1, -0.05) is 113 Å². The van der Waals surface area contributed by atoms with Crippen LogP contribution < -0.4 is 0 Å². The minimum absolute atomic E-state index is 0.0646. The van der Waals surface area contributed by atoms with Crippen LogP contribution in [0.5, 0.6) is 0 Å². The van der Waals surface area contributed by atoms with E-state index in [2.05, 4.69) is 105 Å². The third-order valence-corrected chi connectivity index (χ3v) is 30.3. The zero-order chi connectivity index (χ0) is 97.6. The van der Waals surface area contributed by atoms with Gasteiger partial charge in [0, 0.05) is 81.8 Å². The Morgan fingerprint density at radius 1 is 0.382 bits per heavy atom. The van der Waals surface area contributed by atoms with E-state index in [-0.39, 0.29) is 117 Å². The Morgan fingerprint density at radius 2 is 0.748 bits per heavy atom. The van der Waals surface area contributed by atoms with Gasteiger partial charge in [-0.3, -0.25) is 9.59 Å². The van der Waals surface area contributed by atoms with Crippen molar-refractivity contribution in [3.8, 4) is 0 Å². The van der Waals surface area contributed by atoms with Crippen LogP contribution >= 0.6 is 0 Å². The molecule has 24 heteroatoms. The number of ether oxygens (including phenoxy) is 12. The number of hydrogen-bond acceptors (Lipinski definition) is 24. The Kier molecular flexibility index (Phi) is 40.0. The van der Waals surface area contributed by atoms with E-state index in [4.69, 9.17) is 52.1 Å². The molecule has 24 nitrogen and oxygen atoms in total. The molecule has 7 unspecified atom stereocenters. The van der Waals surface area contributed by atoms with E-state index in [1.165, 1.54) is 142 Å². The molecule has 0 aromatic carbocycles. The predicted octanol–water partition coefficient (Wildman–Crippen LogP) is 22.0. The molecule has 0 aromatic heterocycles. The van der Waals surface area contributed by atoms with Gasteiger partial charge in [0.05, 0.1) is 18.9 Å². The van der Waals surface area contributed by atoms with Crippen LogP contribution in [0.2, 0.25) is 0 Å². The zero-order valence-electron chi connectivity index (χ0n) is 82.7. The summed E-state index contributed by atoms with van der Waals surface area (Å²) in [4.78, 5) is 136. The van der Waals surface area contributed by atoms with E-state index in [1.54, 1.807) is 62.3 Å². The highest BCUT2D eigenvalue weighted by Crippen LogP contribution is 2.62. The van der Waals surface area contributed by atoms with E-state index < -0.39 is 29.8 Å². The van der Waals surface area contributed by atoms with Gasteiger partial charge in [-0.2, -0.15) is 0 Å². The van der Waals surface area contributed by atoms with Crippen molar-refractivity contribution in [2.45, 2.75) is 413 Å². The molecule has 732 valence electrons. The second kappa shape index (κ2) is 48.0. The van der Waals surface area contributed by atoms with Crippen LogP contribution in [0.15, 0.2) is 109 Å². The molecule has 14 aliphatic carbocycles. The molecule has 14 saturated carbocycles. The monoisotopic (exact) mass is 1830 g/mol. The third-order valence-electron chi connectivity index (χ3n) is 30.3. The maximum Gasteiger partial charge on any atom is 0.347 e. The van der Waals surface area contributed by atoms with Gasteiger partial charge in [0.15, 0.2) is 0 Å². The molecule has 3 aliphatic heterocycles. The fourth-order valence-electron chi connectivity index (χ4n) is 22.5. The molecule has 0 N–H and O–H groups in total. The largest absolute Gasteiger partial charge is 0.463 e. The Morgan fingerprint density at radius 3 is 1.14 bits per heavy atom. The number of cyclic esters (lactones) is 2. The van der Waals surface area contributed by atoms with Crippen LogP contribution in [0.3, 0.4) is 0 Å². The summed E-state index contributed by atoms with van der Waals surface area (Å²) in [6, 6.07) is 0. The second-order valence-electron chi connectivity index (χ2n) is 41.7. The lowest BCUT2D eigenvalue weighted by Gasteiger charge is -2.60. The minimum atomic E-state index is -1.09. The number of carbonyl (C=O) groups is 12. The number of hydrogen-bond donors (Lipinski definition) is 0.